The average Bonchev–Trinajstić information content (AvgIpc) is 3.35. The molecule has 3 heterocycles. The van der Waals surface area contributed by atoms with Gasteiger partial charge in [-0.2, -0.15) is 5.10 Å². The molecule has 2 aliphatic heterocycles. The molecule has 0 radical (unpaired) electrons. The molecule has 0 spiro atoms. The fourth-order valence-electron chi connectivity index (χ4n) is 3.63. The van der Waals surface area contributed by atoms with Gasteiger partial charge in [0.05, 0.1) is 6.20 Å². The zero-order valence-electron chi connectivity index (χ0n) is 15.7. The van der Waals surface area contributed by atoms with E-state index in [9.17, 15) is 18.8 Å². The number of halogens is 1. The van der Waals surface area contributed by atoms with E-state index in [0.29, 0.717) is 26.2 Å². The third kappa shape index (κ3) is 4.20. The number of anilines is 1. The van der Waals surface area contributed by atoms with Crippen LogP contribution < -0.4 is 15.5 Å². The van der Waals surface area contributed by atoms with Crippen molar-refractivity contribution in [1.29, 1.82) is 0 Å². The van der Waals surface area contributed by atoms with Crippen LogP contribution in [0.3, 0.4) is 0 Å². The maximum absolute atomic E-state index is 14.1. The summed E-state index contributed by atoms with van der Waals surface area (Å²) in [6.07, 6.45) is 3.81. The minimum atomic E-state index is -0.652. The third-order valence-electron chi connectivity index (χ3n) is 5.22. The first-order valence-corrected chi connectivity index (χ1v) is 9.43. The smallest absolute Gasteiger partial charge is 0.322 e. The van der Waals surface area contributed by atoms with E-state index in [4.69, 9.17) is 0 Å². The lowest BCUT2D eigenvalue weighted by atomic mass is 10.1. The summed E-state index contributed by atoms with van der Waals surface area (Å²) in [4.78, 5) is 38.9. The topological polar surface area (TPSA) is 110 Å². The lowest BCUT2D eigenvalue weighted by molar-refractivity contribution is -0.131. The maximum Gasteiger partial charge on any atom is 0.322 e. The first-order chi connectivity index (χ1) is 14.0. The second-order valence-electron chi connectivity index (χ2n) is 7.11. The molecule has 1 atom stereocenters. The van der Waals surface area contributed by atoms with Gasteiger partial charge >= 0.3 is 6.03 Å². The van der Waals surface area contributed by atoms with Gasteiger partial charge in [0, 0.05) is 50.0 Å². The Morgan fingerprint density at radius 1 is 1.14 bits per heavy atom. The molecule has 4 amide bonds. The van der Waals surface area contributed by atoms with E-state index in [1.807, 2.05) is 11.0 Å². The molecule has 2 aromatic rings. The maximum atomic E-state index is 14.1. The number of H-pyrrole nitrogens is 1. The lowest BCUT2D eigenvalue weighted by Crippen LogP contribution is -2.49. The van der Waals surface area contributed by atoms with E-state index in [1.165, 1.54) is 12.1 Å². The van der Waals surface area contributed by atoms with Crippen LogP contribution in [0.1, 0.15) is 12.8 Å². The van der Waals surface area contributed by atoms with Gasteiger partial charge in [-0.05, 0) is 30.2 Å². The van der Waals surface area contributed by atoms with Crippen LogP contribution in [0, 0.1) is 5.82 Å². The molecule has 0 aliphatic carbocycles. The average molecular weight is 400 g/mol. The summed E-state index contributed by atoms with van der Waals surface area (Å²) in [6, 6.07) is 3.69. The number of imide groups is 1. The molecule has 0 saturated carbocycles. The van der Waals surface area contributed by atoms with Crippen LogP contribution in [-0.4, -0.2) is 65.2 Å². The van der Waals surface area contributed by atoms with Crippen LogP contribution in [0.25, 0.3) is 11.1 Å². The molecule has 1 unspecified atom stereocenters. The van der Waals surface area contributed by atoms with Crippen molar-refractivity contribution in [2.75, 3.05) is 31.1 Å². The molecule has 152 valence electrons. The lowest BCUT2D eigenvalue weighted by Gasteiger charge is -2.36. The molecule has 4 rings (SSSR count). The molecule has 1 aromatic carbocycles. The van der Waals surface area contributed by atoms with Crippen molar-refractivity contribution in [3.8, 4) is 11.1 Å². The molecule has 1 aromatic heterocycles. The van der Waals surface area contributed by atoms with Crippen molar-refractivity contribution in [2.24, 2.45) is 0 Å². The Balaban J connectivity index is 1.33. The first kappa shape index (κ1) is 18.9. The fourth-order valence-corrected chi connectivity index (χ4v) is 3.63. The van der Waals surface area contributed by atoms with Gasteiger partial charge in [0.15, 0.2) is 0 Å². The molecule has 0 bridgehead atoms. The number of amides is 4. The monoisotopic (exact) mass is 400 g/mol. The van der Waals surface area contributed by atoms with Gasteiger partial charge < -0.3 is 15.1 Å². The number of rotatable bonds is 5. The number of hydrogen-bond donors (Lipinski definition) is 3. The highest BCUT2D eigenvalue weighted by atomic mass is 19.1. The van der Waals surface area contributed by atoms with Crippen molar-refractivity contribution in [3.05, 3.63) is 36.4 Å². The van der Waals surface area contributed by atoms with Gasteiger partial charge in [0.2, 0.25) is 5.91 Å². The number of carbonyl (C=O) groups is 3. The third-order valence-corrected chi connectivity index (χ3v) is 5.22. The Kier molecular flexibility index (Phi) is 5.15. The largest absolute Gasteiger partial charge is 0.368 e. The Bertz CT molecular complexity index is 924. The number of urea groups is 1. The van der Waals surface area contributed by atoms with Crippen molar-refractivity contribution in [2.45, 2.75) is 18.9 Å². The Labute approximate surface area is 166 Å². The van der Waals surface area contributed by atoms with E-state index in [2.05, 4.69) is 20.8 Å². The van der Waals surface area contributed by atoms with Crippen molar-refractivity contribution in [1.82, 2.24) is 25.7 Å². The highest BCUT2D eigenvalue weighted by Gasteiger charge is 2.30. The van der Waals surface area contributed by atoms with E-state index >= 15 is 0 Å². The number of aromatic amines is 1. The Morgan fingerprint density at radius 2 is 1.93 bits per heavy atom. The van der Waals surface area contributed by atoms with Gasteiger partial charge in [-0.25, -0.2) is 9.18 Å². The predicted octanol–water partition coefficient (Wildman–Crippen LogP) is 0.853. The quantitative estimate of drug-likeness (QED) is 0.645. The normalized spacial score (nSPS) is 19.3. The Morgan fingerprint density at radius 3 is 2.59 bits per heavy atom. The number of piperazine rings is 1. The SMILES string of the molecule is O=C1NC(=O)C(CCC(=O)N2CCN(c3cc(F)cc(-c4cn[nH]c4)c3)CC2)N1. The van der Waals surface area contributed by atoms with Crippen LogP contribution in [0.5, 0.6) is 0 Å². The van der Waals surface area contributed by atoms with E-state index < -0.39 is 18.0 Å². The molecular weight excluding hydrogens is 379 g/mol. The van der Waals surface area contributed by atoms with Gasteiger partial charge in [0.1, 0.15) is 11.9 Å². The van der Waals surface area contributed by atoms with E-state index in [1.54, 1.807) is 17.3 Å². The summed E-state index contributed by atoms with van der Waals surface area (Å²) in [5, 5.41) is 11.3. The zero-order valence-corrected chi connectivity index (χ0v) is 15.7. The predicted molar refractivity (Wildman–Crippen MR) is 102 cm³/mol. The minimum Gasteiger partial charge on any atom is -0.368 e. The highest BCUT2D eigenvalue weighted by molar-refractivity contribution is 6.04. The Hall–Kier alpha value is -3.43. The highest BCUT2D eigenvalue weighted by Crippen LogP contribution is 2.26. The molecule has 10 heteroatoms. The van der Waals surface area contributed by atoms with E-state index in [-0.39, 0.29) is 24.6 Å². The second kappa shape index (κ2) is 7.90. The number of nitrogens with zero attached hydrogens (tertiary/aromatic N) is 3. The summed E-state index contributed by atoms with van der Waals surface area (Å²) >= 11 is 0. The second-order valence-corrected chi connectivity index (χ2v) is 7.11. The van der Waals surface area contributed by atoms with Gasteiger partial charge in [-0.3, -0.25) is 20.0 Å². The van der Waals surface area contributed by atoms with Gasteiger partial charge in [0.25, 0.3) is 5.91 Å². The van der Waals surface area contributed by atoms with Gasteiger partial charge in [-0.15, -0.1) is 0 Å². The van der Waals surface area contributed by atoms with Crippen LogP contribution in [0.4, 0.5) is 14.9 Å². The number of carbonyl (C=O) groups excluding carboxylic acids is 3. The number of benzene rings is 1. The number of aromatic nitrogens is 2. The molecule has 2 saturated heterocycles. The molecule has 2 fully saturated rings. The van der Waals surface area contributed by atoms with Crippen molar-refractivity contribution < 1.29 is 18.8 Å². The zero-order chi connectivity index (χ0) is 20.4. The molecule has 9 nitrogen and oxygen atoms in total. The van der Waals surface area contributed by atoms with Crippen molar-refractivity contribution in [3.63, 3.8) is 0 Å². The molecule has 29 heavy (non-hydrogen) atoms. The first-order valence-electron chi connectivity index (χ1n) is 9.43. The van der Waals surface area contributed by atoms with Crippen LogP contribution in [0.2, 0.25) is 0 Å². The molecular formula is C19H21FN6O3. The summed E-state index contributed by atoms with van der Waals surface area (Å²) < 4.78 is 14.1. The summed E-state index contributed by atoms with van der Waals surface area (Å²) in [5.41, 5.74) is 2.31. The summed E-state index contributed by atoms with van der Waals surface area (Å²) in [6.45, 7) is 2.20. The number of hydrogen-bond acceptors (Lipinski definition) is 5. The van der Waals surface area contributed by atoms with Crippen LogP contribution in [-0.2, 0) is 9.59 Å². The molecule has 3 N–H and O–H groups in total. The van der Waals surface area contributed by atoms with Gasteiger partial charge in [-0.1, -0.05) is 0 Å². The van der Waals surface area contributed by atoms with Crippen LogP contribution >= 0.6 is 0 Å². The molecule has 2 aliphatic rings. The minimum absolute atomic E-state index is 0.0584. The summed E-state index contributed by atoms with van der Waals surface area (Å²) in [7, 11) is 0. The fraction of sp³-hybridized carbons (Fsp3) is 0.368. The standard InChI is InChI=1S/C19H21FN6O3/c20-14-7-12(13-10-21-22-11-13)8-15(9-14)25-3-5-26(6-4-25)17(27)2-1-16-18(28)24-19(29)23-16/h7-11,16H,1-6H2,(H,21,22)(H2,23,24,28,29). The van der Waals surface area contributed by atoms with Crippen LogP contribution in [0.15, 0.2) is 30.6 Å². The van der Waals surface area contributed by atoms with E-state index in [0.717, 1.165) is 16.8 Å². The summed E-state index contributed by atoms with van der Waals surface area (Å²) in [5.74, 6) is -0.779. The number of nitrogens with one attached hydrogen (secondary N) is 3. The van der Waals surface area contributed by atoms with Crippen molar-refractivity contribution >= 4 is 23.5 Å².